The number of benzene rings is 2. The molecule has 174 valence electrons. The third-order valence-electron chi connectivity index (χ3n) is 7.19. The normalized spacial score (nSPS) is 20.7. The highest BCUT2D eigenvalue weighted by atomic mass is 32.1. The first kappa shape index (κ1) is 23.7. The van der Waals surface area contributed by atoms with E-state index in [9.17, 15) is 4.79 Å². The van der Waals surface area contributed by atoms with Gasteiger partial charge in [0.2, 0.25) is 5.91 Å². The number of rotatable bonds is 8. The van der Waals surface area contributed by atoms with E-state index in [2.05, 4.69) is 73.7 Å². The maximum atomic E-state index is 12.8. The highest BCUT2D eigenvalue weighted by Gasteiger charge is 2.37. The molecule has 0 bridgehead atoms. The highest BCUT2D eigenvalue weighted by Crippen LogP contribution is 2.36. The van der Waals surface area contributed by atoms with E-state index in [-0.39, 0.29) is 17.5 Å². The summed E-state index contributed by atoms with van der Waals surface area (Å²) in [5.41, 5.74) is 3.63. The molecule has 1 fully saturated rings. The number of nitrogens with zero attached hydrogens (tertiary/aromatic N) is 2. The molecule has 3 aromatic rings. The first-order chi connectivity index (χ1) is 15.9. The predicted octanol–water partition coefficient (Wildman–Crippen LogP) is 5.65. The summed E-state index contributed by atoms with van der Waals surface area (Å²) >= 11 is 1.67. The Morgan fingerprint density at radius 1 is 1.06 bits per heavy atom. The second-order valence-electron chi connectivity index (χ2n) is 9.51. The number of nitrogens with one attached hydrogen (secondary N) is 1. The van der Waals surface area contributed by atoms with E-state index in [1.54, 1.807) is 11.3 Å². The quantitative estimate of drug-likeness (QED) is 0.471. The van der Waals surface area contributed by atoms with Crippen molar-refractivity contribution in [3.8, 4) is 10.6 Å². The molecule has 1 saturated carbocycles. The molecule has 4 nitrogen and oxygen atoms in total. The average molecular weight is 462 g/mol. The van der Waals surface area contributed by atoms with Crippen LogP contribution in [0.1, 0.15) is 48.2 Å². The fourth-order valence-corrected chi connectivity index (χ4v) is 5.90. The van der Waals surface area contributed by atoms with E-state index in [4.69, 9.17) is 4.98 Å². The molecule has 1 N–H and O–H groups in total. The summed E-state index contributed by atoms with van der Waals surface area (Å²) < 4.78 is 0. The molecule has 1 aromatic heterocycles. The van der Waals surface area contributed by atoms with Crippen molar-refractivity contribution < 1.29 is 4.79 Å². The molecule has 0 atom stereocenters. The molecule has 1 amide bonds. The minimum atomic E-state index is 0.0923. The number of carbonyl (C=O) groups excluding carboxylic acids is 1. The number of hydrogen-bond acceptors (Lipinski definition) is 4. The Labute approximate surface area is 202 Å². The zero-order chi connectivity index (χ0) is 23.3. The Balaban J connectivity index is 1.31. The summed E-state index contributed by atoms with van der Waals surface area (Å²) in [7, 11) is 4.42. The highest BCUT2D eigenvalue weighted by molar-refractivity contribution is 7.15. The number of amides is 1. The van der Waals surface area contributed by atoms with Gasteiger partial charge in [-0.15, -0.1) is 11.3 Å². The van der Waals surface area contributed by atoms with Gasteiger partial charge in [-0.2, -0.15) is 0 Å². The van der Waals surface area contributed by atoms with Crippen LogP contribution in [0.4, 0.5) is 0 Å². The SMILES string of the molecule is Cc1sc(-c2ccccc2)nc1CC(=O)NC1CCC(CCc2ccccc2)(N(C)C)CC1. The largest absolute Gasteiger partial charge is 0.353 e. The standard InChI is InChI=1S/C28H35N3OS/c1-21-25(30-27(33-21)23-12-8-5-9-13-23)20-26(32)29-24-15-18-28(19-16-24,31(2)3)17-14-22-10-6-4-7-11-22/h4-13,24H,14-20H2,1-3H3,(H,29,32). The van der Waals surface area contributed by atoms with E-state index in [1.807, 2.05) is 18.2 Å². The zero-order valence-electron chi connectivity index (χ0n) is 20.0. The van der Waals surface area contributed by atoms with Crippen molar-refractivity contribution >= 4 is 17.2 Å². The fourth-order valence-electron chi connectivity index (χ4n) is 4.97. The van der Waals surface area contributed by atoms with E-state index in [0.717, 1.165) is 59.7 Å². The first-order valence-corrected chi connectivity index (χ1v) is 12.8. The van der Waals surface area contributed by atoms with Crippen LogP contribution in [0, 0.1) is 6.92 Å². The third kappa shape index (κ3) is 5.90. The third-order valence-corrected chi connectivity index (χ3v) is 8.26. The van der Waals surface area contributed by atoms with Gasteiger partial charge in [-0.25, -0.2) is 4.98 Å². The van der Waals surface area contributed by atoms with Gasteiger partial charge in [0.05, 0.1) is 12.1 Å². The number of aromatic nitrogens is 1. The smallest absolute Gasteiger partial charge is 0.226 e. The summed E-state index contributed by atoms with van der Waals surface area (Å²) in [6, 6.07) is 21.2. The van der Waals surface area contributed by atoms with Gasteiger partial charge in [-0.05, 0) is 65.1 Å². The van der Waals surface area contributed by atoms with Crippen molar-refractivity contribution in [2.45, 2.75) is 63.5 Å². The van der Waals surface area contributed by atoms with Crippen LogP contribution >= 0.6 is 11.3 Å². The van der Waals surface area contributed by atoms with Crippen molar-refractivity contribution in [1.82, 2.24) is 15.2 Å². The van der Waals surface area contributed by atoms with Gasteiger partial charge >= 0.3 is 0 Å². The lowest BCUT2D eigenvalue weighted by atomic mass is 9.75. The van der Waals surface area contributed by atoms with Crippen molar-refractivity contribution in [2.75, 3.05) is 14.1 Å². The Bertz CT molecular complexity index is 1040. The van der Waals surface area contributed by atoms with Crippen molar-refractivity contribution in [2.24, 2.45) is 0 Å². The Morgan fingerprint density at radius 3 is 2.33 bits per heavy atom. The lowest BCUT2D eigenvalue weighted by Crippen LogP contribution is -2.51. The summed E-state index contributed by atoms with van der Waals surface area (Å²) in [4.78, 5) is 21.1. The summed E-state index contributed by atoms with van der Waals surface area (Å²) in [5.74, 6) is 0.0923. The molecule has 1 aliphatic rings. The fraction of sp³-hybridized carbons (Fsp3) is 0.429. The van der Waals surface area contributed by atoms with Crippen LogP contribution in [-0.4, -0.2) is 41.5 Å². The van der Waals surface area contributed by atoms with Gasteiger partial charge in [0.25, 0.3) is 0 Å². The minimum Gasteiger partial charge on any atom is -0.353 e. The van der Waals surface area contributed by atoms with E-state index in [0.29, 0.717) is 6.42 Å². The Morgan fingerprint density at radius 2 is 1.70 bits per heavy atom. The zero-order valence-corrected chi connectivity index (χ0v) is 20.8. The van der Waals surface area contributed by atoms with Crippen LogP contribution in [0.25, 0.3) is 10.6 Å². The molecule has 0 saturated heterocycles. The minimum absolute atomic E-state index is 0.0923. The van der Waals surface area contributed by atoms with Crippen molar-refractivity contribution in [3.05, 3.63) is 76.8 Å². The number of aryl methyl sites for hydroxylation is 2. The van der Waals surface area contributed by atoms with Crippen LogP contribution in [0.2, 0.25) is 0 Å². The number of hydrogen-bond donors (Lipinski definition) is 1. The molecule has 33 heavy (non-hydrogen) atoms. The van der Waals surface area contributed by atoms with Gasteiger partial charge in [-0.3, -0.25) is 4.79 Å². The number of carbonyl (C=O) groups is 1. The van der Waals surface area contributed by atoms with Crippen LogP contribution in [-0.2, 0) is 17.6 Å². The van der Waals surface area contributed by atoms with Gasteiger partial charge in [0, 0.05) is 22.0 Å². The van der Waals surface area contributed by atoms with E-state index >= 15 is 0 Å². The maximum Gasteiger partial charge on any atom is 0.226 e. The summed E-state index contributed by atoms with van der Waals surface area (Å²) in [6.45, 7) is 2.06. The van der Waals surface area contributed by atoms with Crippen LogP contribution < -0.4 is 5.32 Å². The molecule has 1 heterocycles. The molecule has 1 aliphatic carbocycles. The van der Waals surface area contributed by atoms with Gasteiger partial charge in [0.15, 0.2) is 0 Å². The summed E-state index contributed by atoms with van der Waals surface area (Å²) in [5, 5.41) is 4.29. The van der Waals surface area contributed by atoms with Crippen molar-refractivity contribution in [3.63, 3.8) is 0 Å². The Kier molecular flexibility index (Phi) is 7.61. The van der Waals surface area contributed by atoms with Crippen LogP contribution in [0.15, 0.2) is 60.7 Å². The Hall–Kier alpha value is -2.50. The topological polar surface area (TPSA) is 45.2 Å². The van der Waals surface area contributed by atoms with Gasteiger partial charge in [-0.1, -0.05) is 60.7 Å². The van der Waals surface area contributed by atoms with Crippen LogP contribution in [0.5, 0.6) is 0 Å². The molecule has 0 aliphatic heterocycles. The van der Waals surface area contributed by atoms with E-state index in [1.165, 1.54) is 5.56 Å². The van der Waals surface area contributed by atoms with E-state index < -0.39 is 0 Å². The molecular weight excluding hydrogens is 426 g/mol. The van der Waals surface area contributed by atoms with Gasteiger partial charge in [0.1, 0.15) is 5.01 Å². The maximum absolute atomic E-state index is 12.8. The molecule has 5 heteroatoms. The van der Waals surface area contributed by atoms with Gasteiger partial charge < -0.3 is 10.2 Å². The number of thiazole rings is 1. The lowest BCUT2D eigenvalue weighted by molar-refractivity contribution is -0.121. The second kappa shape index (κ2) is 10.6. The second-order valence-corrected chi connectivity index (χ2v) is 10.7. The molecule has 4 rings (SSSR count). The molecule has 0 radical (unpaired) electrons. The average Bonchev–Trinajstić information content (AvgIpc) is 3.20. The summed E-state index contributed by atoms with van der Waals surface area (Å²) in [6.07, 6.45) is 6.91. The monoisotopic (exact) mass is 461 g/mol. The molecular formula is C28H35N3OS. The van der Waals surface area contributed by atoms with Crippen molar-refractivity contribution in [1.29, 1.82) is 0 Å². The molecule has 0 unspecified atom stereocenters. The van der Waals surface area contributed by atoms with Crippen LogP contribution in [0.3, 0.4) is 0 Å². The molecule has 0 spiro atoms. The molecule has 2 aromatic carbocycles. The predicted molar refractivity (Wildman–Crippen MR) is 138 cm³/mol. The first-order valence-electron chi connectivity index (χ1n) is 12.0. The lowest BCUT2D eigenvalue weighted by Gasteiger charge is -2.45.